The van der Waals surface area contributed by atoms with Crippen molar-refractivity contribution in [2.45, 2.75) is 68.7 Å². The van der Waals surface area contributed by atoms with Gasteiger partial charge in [0.2, 0.25) is 6.04 Å². The van der Waals surface area contributed by atoms with Gasteiger partial charge in [-0.25, -0.2) is 9.59 Å². The number of hydrogen-bond acceptors (Lipinski definition) is 10. The number of nitrogens with zero attached hydrogens (tertiary/aromatic N) is 2. The maximum atomic E-state index is 12.1. The number of hydrogen-bond donors (Lipinski definition) is 7. The number of carbonyl (C=O) groups is 5. The Balaban J connectivity index is 2.14. The van der Waals surface area contributed by atoms with E-state index in [-0.39, 0.29) is 30.6 Å². The van der Waals surface area contributed by atoms with Crippen molar-refractivity contribution in [2.75, 3.05) is 13.1 Å². The molecule has 0 aliphatic heterocycles. The van der Waals surface area contributed by atoms with Crippen LogP contribution in [0.5, 0.6) is 0 Å². The Kier molecular flexibility index (Phi) is 11.9. The normalized spacial score (nSPS) is 18.6. The third kappa shape index (κ3) is 10.2. The van der Waals surface area contributed by atoms with Gasteiger partial charge in [0, 0.05) is 30.3 Å². The number of carboxylic acid groups (broad SMARTS) is 5. The van der Waals surface area contributed by atoms with Crippen molar-refractivity contribution in [1.82, 2.24) is 15.5 Å². The second-order valence-corrected chi connectivity index (χ2v) is 9.59. The number of nitrogens with one attached hydrogen (secondary N) is 2. The van der Waals surface area contributed by atoms with Crippen LogP contribution in [0.1, 0.15) is 37.7 Å². The minimum atomic E-state index is -2.03. The molecule has 0 saturated heterocycles. The maximum Gasteiger partial charge on any atom is 0.332 e. The molecule has 2 atom stereocenters. The van der Waals surface area contributed by atoms with Crippen molar-refractivity contribution in [3.8, 4) is 0 Å². The molecule has 0 amide bonds. The summed E-state index contributed by atoms with van der Waals surface area (Å²) in [7, 11) is 0. The Bertz CT molecular complexity index is 1060. The lowest BCUT2D eigenvalue weighted by Gasteiger charge is -2.37. The third-order valence-corrected chi connectivity index (χ3v) is 6.67. The molecule has 7 N–H and O–H groups in total. The molecule has 1 aromatic carbocycles. The van der Waals surface area contributed by atoms with Gasteiger partial charge in [-0.2, -0.15) is 0 Å². The molecule has 16 heteroatoms. The van der Waals surface area contributed by atoms with E-state index < -0.39 is 66.0 Å². The summed E-state index contributed by atoms with van der Waals surface area (Å²) in [6, 6.07) is 0.396. The van der Waals surface area contributed by atoms with Gasteiger partial charge in [-0.15, -0.1) is 0 Å². The lowest BCUT2D eigenvalue weighted by Crippen LogP contribution is -2.54. The molecular weight excluding hydrogens is 536 g/mol. The summed E-state index contributed by atoms with van der Waals surface area (Å²) < 4.78 is 0. The van der Waals surface area contributed by atoms with Gasteiger partial charge in [-0.05, 0) is 44.1 Å². The number of nitro groups is 1. The first-order valence-electron chi connectivity index (χ1n) is 12.4. The monoisotopic (exact) mass is 568 g/mol. The molecule has 220 valence electrons. The summed E-state index contributed by atoms with van der Waals surface area (Å²) in [5, 5.41) is 63.1. The minimum Gasteiger partial charge on any atom is -0.480 e. The number of nitro benzene ring substituents is 1. The van der Waals surface area contributed by atoms with Crippen molar-refractivity contribution >= 4 is 35.5 Å². The molecular formula is C24H32N4O12. The van der Waals surface area contributed by atoms with Crippen LogP contribution in [-0.4, -0.2) is 109 Å². The van der Waals surface area contributed by atoms with Gasteiger partial charge < -0.3 is 30.8 Å². The molecule has 0 radical (unpaired) electrons. The van der Waals surface area contributed by atoms with E-state index in [1.807, 2.05) is 0 Å². The molecule has 2 unspecified atom stereocenters. The van der Waals surface area contributed by atoms with Crippen molar-refractivity contribution in [3.63, 3.8) is 0 Å². The molecule has 0 heterocycles. The summed E-state index contributed by atoms with van der Waals surface area (Å²) in [4.78, 5) is 69.0. The number of rotatable bonds is 17. The highest BCUT2D eigenvalue weighted by molar-refractivity contribution is 5.97. The maximum absolute atomic E-state index is 12.1. The smallest absolute Gasteiger partial charge is 0.332 e. The number of benzene rings is 1. The standard InChI is InChI=1S/C24H32N4O12/c29-19(30)11-27(12-20(31)32)16-7-3-14(4-8-16)25-18(22(33)34)10-15(26-21(23(35)36)24(37)38)9-13-1-5-17(6-2-13)28(39)40/h1-2,5-6,14-16,18,21,25-26H,3-4,7-12H2,(H,29,30)(H,31,32)(H,33,34)(H,35,36)(H,37,38). The molecule has 40 heavy (non-hydrogen) atoms. The van der Waals surface area contributed by atoms with Gasteiger partial charge >= 0.3 is 29.8 Å². The summed E-state index contributed by atoms with van der Waals surface area (Å²) >= 11 is 0. The van der Waals surface area contributed by atoms with Gasteiger partial charge in [0.25, 0.3) is 5.69 Å². The number of aliphatic carboxylic acids is 5. The fraction of sp³-hybridized carbons (Fsp3) is 0.542. The van der Waals surface area contributed by atoms with Gasteiger partial charge in [0.05, 0.1) is 18.0 Å². The average molecular weight is 569 g/mol. The second-order valence-electron chi connectivity index (χ2n) is 9.59. The minimum absolute atomic E-state index is 0.0212. The van der Waals surface area contributed by atoms with E-state index in [9.17, 15) is 49.4 Å². The largest absolute Gasteiger partial charge is 0.480 e. The van der Waals surface area contributed by atoms with Crippen molar-refractivity contribution in [1.29, 1.82) is 0 Å². The lowest BCUT2D eigenvalue weighted by atomic mass is 9.89. The van der Waals surface area contributed by atoms with Crippen LogP contribution in [0.2, 0.25) is 0 Å². The molecule has 16 nitrogen and oxygen atoms in total. The molecule has 1 fully saturated rings. The van der Waals surface area contributed by atoms with Gasteiger partial charge in [-0.3, -0.25) is 34.7 Å². The Hall–Kier alpha value is -4.15. The third-order valence-electron chi connectivity index (χ3n) is 6.67. The van der Waals surface area contributed by atoms with Crippen LogP contribution in [0.15, 0.2) is 24.3 Å². The average Bonchev–Trinajstić information content (AvgIpc) is 2.86. The summed E-state index contributed by atoms with van der Waals surface area (Å²) in [6.07, 6.45) is 1.40. The summed E-state index contributed by atoms with van der Waals surface area (Å²) in [5.41, 5.74) is 0.299. The first-order valence-corrected chi connectivity index (χ1v) is 12.4. The van der Waals surface area contributed by atoms with E-state index in [1.165, 1.54) is 29.2 Å². The quantitative estimate of drug-likeness (QED) is 0.0732. The van der Waals surface area contributed by atoms with E-state index in [2.05, 4.69) is 10.6 Å². The molecule has 1 saturated carbocycles. The fourth-order valence-electron chi connectivity index (χ4n) is 4.81. The van der Waals surface area contributed by atoms with Crippen molar-refractivity contribution < 1.29 is 54.4 Å². The lowest BCUT2D eigenvalue weighted by molar-refractivity contribution is -0.384. The van der Waals surface area contributed by atoms with E-state index in [0.29, 0.717) is 31.2 Å². The Labute approximate surface area is 227 Å². The fourth-order valence-corrected chi connectivity index (χ4v) is 4.81. The molecule has 1 aliphatic rings. The van der Waals surface area contributed by atoms with E-state index in [0.717, 1.165) is 0 Å². The van der Waals surface area contributed by atoms with E-state index >= 15 is 0 Å². The van der Waals surface area contributed by atoms with Gasteiger partial charge in [0.15, 0.2) is 0 Å². The molecule has 0 bridgehead atoms. The van der Waals surface area contributed by atoms with Crippen LogP contribution in [0.3, 0.4) is 0 Å². The Morgan fingerprint density at radius 2 is 1.40 bits per heavy atom. The predicted molar refractivity (Wildman–Crippen MR) is 135 cm³/mol. The van der Waals surface area contributed by atoms with E-state index in [1.54, 1.807) is 0 Å². The highest BCUT2D eigenvalue weighted by Crippen LogP contribution is 2.24. The molecule has 2 rings (SSSR count). The second kappa shape index (κ2) is 14.9. The zero-order chi connectivity index (χ0) is 30.0. The molecule has 0 aromatic heterocycles. The van der Waals surface area contributed by atoms with E-state index in [4.69, 9.17) is 10.2 Å². The Morgan fingerprint density at radius 1 is 0.875 bits per heavy atom. The first-order chi connectivity index (χ1) is 18.8. The Morgan fingerprint density at radius 3 is 1.82 bits per heavy atom. The van der Waals surface area contributed by atoms with Gasteiger partial charge in [0.1, 0.15) is 6.04 Å². The molecule has 0 spiro atoms. The summed E-state index contributed by atoms with van der Waals surface area (Å²) in [6.45, 7) is -0.895. The summed E-state index contributed by atoms with van der Waals surface area (Å²) in [5.74, 6) is -6.95. The van der Waals surface area contributed by atoms with Crippen molar-refractivity contribution in [2.24, 2.45) is 0 Å². The topological polar surface area (TPSA) is 257 Å². The predicted octanol–water partition coefficient (Wildman–Crippen LogP) is -0.151. The zero-order valence-electron chi connectivity index (χ0n) is 21.3. The van der Waals surface area contributed by atoms with Crippen molar-refractivity contribution in [3.05, 3.63) is 39.9 Å². The first kappa shape index (κ1) is 32.1. The highest BCUT2D eigenvalue weighted by Gasteiger charge is 2.34. The zero-order valence-corrected chi connectivity index (χ0v) is 21.3. The van der Waals surface area contributed by atoms with Crippen LogP contribution in [0.25, 0.3) is 0 Å². The van der Waals surface area contributed by atoms with Crippen LogP contribution in [0.4, 0.5) is 5.69 Å². The molecule has 1 aliphatic carbocycles. The highest BCUT2D eigenvalue weighted by atomic mass is 16.6. The van der Waals surface area contributed by atoms with Crippen LogP contribution in [0, 0.1) is 10.1 Å². The van der Waals surface area contributed by atoms with Crippen LogP contribution >= 0.6 is 0 Å². The van der Waals surface area contributed by atoms with Crippen LogP contribution < -0.4 is 10.6 Å². The van der Waals surface area contributed by atoms with Gasteiger partial charge in [-0.1, -0.05) is 12.1 Å². The SMILES string of the molecule is O=C(O)CN(CC(=O)O)C1CCC(NC(CC(Cc2ccc([N+](=O)[O-])cc2)NC(C(=O)O)C(=O)O)C(=O)O)CC1. The van der Waals surface area contributed by atoms with Crippen LogP contribution in [-0.2, 0) is 30.4 Å². The molecule has 1 aromatic rings. The number of carboxylic acids is 5. The number of non-ortho nitro benzene ring substituents is 1.